The molecule has 0 aromatic heterocycles. The minimum absolute atomic E-state index is 0.0524. The van der Waals surface area contributed by atoms with E-state index in [1.165, 1.54) is 37.0 Å². The van der Waals surface area contributed by atoms with Crippen molar-refractivity contribution in [3.63, 3.8) is 0 Å². The smallest absolute Gasteiger partial charge is 0.0159 e. The van der Waals surface area contributed by atoms with Gasteiger partial charge in [-0.05, 0) is 74.2 Å². The summed E-state index contributed by atoms with van der Waals surface area (Å²) in [5.41, 5.74) is 8.41. The number of allylic oxidation sites excluding steroid dienone is 8. The predicted molar refractivity (Wildman–Crippen MR) is 119 cm³/mol. The van der Waals surface area contributed by atoms with Gasteiger partial charge in [0.25, 0.3) is 0 Å². The van der Waals surface area contributed by atoms with Crippen LogP contribution in [0.25, 0.3) is 16.7 Å². The van der Waals surface area contributed by atoms with Crippen LogP contribution in [-0.4, -0.2) is 0 Å². The van der Waals surface area contributed by atoms with Gasteiger partial charge in [-0.25, -0.2) is 0 Å². The zero-order valence-corrected chi connectivity index (χ0v) is 17.2. The standard InChI is InChI=1S/C25H21I/c1-25(2)23-14-19(18-8-7-16-5-3-4-6-17(16)13-18)9-11-21(23)22-12-10-20(26)15-24(22)25/h3-17H,1-2H3. The zero-order chi connectivity index (χ0) is 17.9. The summed E-state index contributed by atoms with van der Waals surface area (Å²) in [6.45, 7) is 4.71. The summed E-state index contributed by atoms with van der Waals surface area (Å²) < 4.78 is 1.31. The van der Waals surface area contributed by atoms with Crippen molar-refractivity contribution in [3.8, 4) is 11.1 Å². The maximum atomic E-state index is 2.42. The summed E-state index contributed by atoms with van der Waals surface area (Å²) in [6, 6.07) is 13.9. The molecular formula is C25H21I. The van der Waals surface area contributed by atoms with Gasteiger partial charge < -0.3 is 0 Å². The molecule has 26 heavy (non-hydrogen) atoms. The second-order valence-electron chi connectivity index (χ2n) is 7.98. The van der Waals surface area contributed by atoms with Crippen molar-refractivity contribution in [2.75, 3.05) is 0 Å². The molecule has 0 saturated carbocycles. The summed E-state index contributed by atoms with van der Waals surface area (Å²) >= 11 is 2.42. The summed E-state index contributed by atoms with van der Waals surface area (Å²) in [4.78, 5) is 0. The average molecular weight is 448 g/mol. The van der Waals surface area contributed by atoms with Gasteiger partial charge in [0.05, 0.1) is 0 Å². The van der Waals surface area contributed by atoms with E-state index in [9.17, 15) is 0 Å². The Morgan fingerprint density at radius 3 is 2.31 bits per heavy atom. The fourth-order valence-electron chi connectivity index (χ4n) is 4.56. The highest BCUT2D eigenvalue weighted by atomic mass is 127. The molecule has 0 amide bonds. The Bertz CT molecular complexity index is 1030. The van der Waals surface area contributed by atoms with Crippen LogP contribution in [0.3, 0.4) is 0 Å². The summed E-state index contributed by atoms with van der Waals surface area (Å²) in [6.07, 6.45) is 16.0. The van der Waals surface area contributed by atoms with Crippen LogP contribution in [0.15, 0.2) is 78.9 Å². The fourth-order valence-corrected chi connectivity index (χ4v) is 5.05. The van der Waals surface area contributed by atoms with Crippen LogP contribution < -0.4 is 0 Å². The lowest BCUT2D eigenvalue weighted by Crippen LogP contribution is -2.15. The maximum Gasteiger partial charge on any atom is 0.0159 e. The zero-order valence-electron chi connectivity index (χ0n) is 15.0. The van der Waals surface area contributed by atoms with Gasteiger partial charge in [0, 0.05) is 20.8 Å². The molecule has 5 rings (SSSR count). The molecule has 0 saturated heterocycles. The molecule has 2 unspecified atom stereocenters. The van der Waals surface area contributed by atoms with E-state index in [1.807, 2.05) is 0 Å². The van der Waals surface area contributed by atoms with Crippen molar-refractivity contribution in [1.82, 2.24) is 0 Å². The number of rotatable bonds is 1. The van der Waals surface area contributed by atoms with Crippen molar-refractivity contribution >= 4 is 28.2 Å². The van der Waals surface area contributed by atoms with Gasteiger partial charge in [0.2, 0.25) is 0 Å². The Hall–Kier alpha value is -1.87. The molecule has 2 atom stereocenters. The lowest BCUT2D eigenvalue weighted by atomic mass is 9.79. The normalized spacial score (nSPS) is 24.0. The van der Waals surface area contributed by atoms with Gasteiger partial charge >= 0.3 is 0 Å². The van der Waals surface area contributed by atoms with E-state index in [-0.39, 0.29) is 5.41 Å². The molecular weight excluding hydrogens is 427 g/mol. The second kappa shape index (κ2) is 5.82. The van der Waals surface area contributed by atoms with Crippen LogP contribution >= 0.6 is 22.6 Å². The van der Waals surface area contributed by atoms with E-state index in [0.717, 1.165) is 0 Å². The van der Waals surface area contributed by atoms with Crippen molar-refractivity contribution in [2.24, 2.45) is 11.8 Å². The number of hydrogen-bond acceptors (Lipinski definition) is 0. The van der Waals surface area contributed by atoms with Gasteiger partial charge in [-0.1, -0.05) is 74.6 Å². The summed E-state index contributed by atoms with van der Waals surface area (Å²) in [5.74, 6) is 1.00. The maximum absolute atomic E-state index is 2.42. The summed E-state index contributed by atoms with van der Waals surface area (Å²) in [5, 5.41) is 0. The first-order valence-electron chi connectivity index (χ1n) is 9.24. The first-order chi connectivity index (χ1) is 12.5. The molecule has 0 N–H and O–H groups in total. The van der Waals surface area contributed by atoms with Crippen molar-refractivity contribution in [1.29, 1.82) is 0 Å². The Morgan fingerprint density at radius 2 is 1.50 bits per heavy atom. The first kappa shape index (κ1) is 16.3. The van der Waals surface area contributed by atoms with Crippen LogP contribution in [0.2, 0.25) is 0 Å². The van der Waals surface area contributed by atoms with Crippen LogP contribution in [0.4, 0.5) is 0 Å². The van der Waals surface area contributed by atoms with Gasteiger partial charge in [0.1, 0.15) is 0 Å². The molecule has 0 heterocycles. The fraction of sp³-hybridized carbons (Fsp3) is 0.200. The largest absolute Gasteiger partial charge is 0.0767 e. The van der Waals surface area contributed by atoms with E-state index in [0.29, 0.717) is 11.8 Å². The monoisotopic (exact) mass is 448 g/mol. The molecule has 0 fully saturated rings. The second-order valence-corrected chi connectivity index (χ2v) is 9.23. The molecule has 0 spiro atoms. The highest BCUT2D eigenvalue weighted by molar-refractivity contribution is 14.1. The van der Waals surface area contributed by atoms with Crippen molar-refractivity contribution in [3.05, 3.63) is 99.2 Å². The molecule has 3 aliphatic carbocycles. The third-order valence-electron chi connectivity index (χ3n) is 6.06. The lowest BCUT2D eigenvalue weighted by molar-refractivity contribution is 0.658. The topological polar surface area (TPSA) is 0 Å². The molecule has 0 nitrogen and oxygen atoms in total. The Balaban J connectivity index is 1.60. The molecule has 0 aliphatic heterocycles. The quantitative estimate of drug-likeness (QED) is 0.416. The van der Waals surface area contributed by atoms with Gasteiger partial charge in [-0.15, -0.1) is 0 Å². The van der Waals surface area contributed by atoms with Crippen LogP contribution in [0.5, 0.6) is 0 Å². The number of fused-ring (bicyclic) bond motifs is 4. The minimum Gasteiger partial charge on any atom is -0.0767 e. The van der Waals surface area contributed by atoms with Crippen LogP contribution in [-0.2, 0) is 5.41 Å². The molecule has 2 aromatic rings. The van der Waals surface area contributed by atoms with E-state index in [2.05, 4.69) is 115 Å². The Morgan fingerprint density at radius 1 is 0.808 bits per heavy atom. The summed E-state index contributed by atoms with van der Waals surface area (Å²) in [7, 11) is 0. The Kier molecular flexibility index (Phi) is 3.65. The first-order valence-corrected chi connectivity index (χ1v) is 10.3. The lowest BCUT2D eigenvalue weighted by Gasteiger charge is -2.25. The molecule has 0 bridgehead atoms. The Labute approximate surface area is 169 Å². The van der Waals surface area contributed by atoms with Crippen LogP contribution in [0.1, 0.15) is 30.5 Å². The number of benzene rings is 2. The van der Waals surface area contributed by atoms with Gasteiger partial charge in [-0.2, -0.15) is 0 Å². The third-order valence-corrected chi connectivity index (χ3v) is 6.73. The highest BCUT2D eigenvalue weighted by Crippen LogP contribution is 2.49. The SMILES string of the molecule is CC1(C)c2cc(I)ccc2-c2ccc(C3=CC4C=CC=CC4C=C3)cc21. The number of hydrogen-bond donors (Lipinski definition) is 0. The van der Waals surface area contributed by atoms with E-state index in [1.54, 1.807) is 0 Å². The van der Waals surface area contributed by atoms with E-state index < -0.39 is 0 Å². The van der Waals surface area contributed by atoms with Gasteiger partial charge in [0.15, 0.2) is 0 Å². The number of halogens is 1. The van der Waals surface area contributed by atoms with Gasteiger partial charge in [-0.3, -0.25) is 0 Å². The van der Waals surface area contributed by atoms with E-state index >= 15 is 0 Å². The molecule has 3 aliphatic rings. The predicted octanol–water partition coefficient (Wildman–Crippen LogP) is 6.91. The molecule has 128 valence electrons. The molecule has 1 heteroatoms. The highest BCUT2D eigenvalue weighted by Gasteiger charge is 2.35. The third kappa shape index (κ3) is 2.40. The molecule has 0 radical (unpaired) electrons. The van der Waals surface area contributed by atoms with E-state index in [4.69, 9.17) is 0 Å². The van der Waals surface area contributed by atoms with Crippen LogP contribution in [0, 0.1) is 15.4 Å². The van der Waals surface area contributed by atoms with Crippen molar-refractivity contribution < 1.29 is 0 Å². The minimum atomic E-state index is 0.0524. The van der Waals surface area contributed by atoms with Crippen molar-refractivity contribution in [2.45, 2.75) is 19.3 Å². The molecule has 2 aromatic carbocycles. The average Bonchev–Trinajstić information content (AvgIpc) is 2.88.